The van der Waals surface area contributed by atoms with Crippen LogP contribution in [0.15, 0.2) is 42.5 Å². The van der Waals surface area contributed by atoms with Gasteiger partial charge in [0.1, 0.15) is 5.82 Å². The number of amides is 2. The summed E-state index contributed by atoms with van der Waals surface area (Å²) in [5.74, 6) is -1.69. The summed E-state index contributed by atoms with van der Waals surface area (Å²) >= 11 is 0. The second kappa shape index (κ2) is 8.52. The average molecular weight is 384 g/mol. The number of nitrogens with one attached hydrogen (secondary N) is 2. The SMILES string of the molecule is Cc1cc(C)cc(NC(=O)C(=O)NCC2(c3ccc(F)cc3)CCOCC2)c1. The molecule has 6 heteroatoms. The van der Waals surface area contributed by atoms with Gasteiger partial charge in [-0.1, -0.05) is 18.2 Å². The second-order valence-corrected chi connectivity index (χ2v) is 7.41. The Morgan fingerprint density at radius 3 is 2.21 bits per heavy atom. The summed E-state index contributed by atoms with van der Waals surface area (Å²) in [7, 11) is 0. The van der Waals surface area contributed by atoms with Crippen molar-refractivity contribution in [1.82, 2.24) is 5.32 Å². The molecule has 2 amide bonds. The van der Waals surface area contributed by atoms with E-state index in [2.05, 4.69) is 10.6 Å². The molecule has 148 valence electrons. The summed E-state index contributed by atoms with van der Waals surface area (Å²) in [4.78, 5) is 24.7. The van der Waals surface area contributed by atoms with Crippen molar-refractivity contribution in [2.24, 2.45) is 0 Å². The molecule has 0 spiro atoms. The van der Waals surface area contributed by atoms with E-state index in [9.17, 15) is 14.0 Å². The van der Waals surface area contributed by atoms with Crippen LogP contribution < -0.4 is 10.6 Å². The van der Waals surface area contributed by atoms with E-state index in [1.807, 2.05) is 32.0 Å². The number of hydrogen-bond acceptors (Lipinski definition) is 3. The fraction of sp³-hybridized carbons (Fsp3) is 0.364. The molecule has 2 N–H and O–H groups in total. The predicted octanol–water partition coefficient (Wildman–Crippen LogP) is 3.25. The molecule has 0 radical (unpaired) electrons. The molecule has 0 aliphatic carbocycles. The van der Waals surface area contributed by atoms with E-state index < -0.39 is 11.8 Å². The zero-order chi connectivity index (χ0) is 20.1. The molecule has 1 aliphatic heterocycles. The van der Waals surface area contributed by atoms with Crippen LogP contribution in [0, 0.1) is 19.7 Å². The fourth-order valence-electron chi connectivity index (χ4n) is 3.70. The Bertz CT molecular complexity index is 838. The maximum atomic E-state index is 13.3. The molecule has 0 atom stereocenters. The summed E-state index contributed by atoms with van der Waals surface area (Å²) in [6.07, 6.45) is 1.38. The quantitative estimate of drug-likeness (QED) is 0.796. The van der Waals surface area contributed by atoms with Gasteiger partial charge in [-0.25, -0.2) is 4.39 Å². The molecular weight excluding hydrogens is 359 g/mol. The normalized spacial score (nSPS) is 15.7. The van der Waals surface area contributed by atoms with Gasteiger partial charge in [0, 0.05) is 30.9 Å². The number of ether oxygens (including phenoxy) is 1. The highest BCUT2D eigenvalue weighted by Crippen LogP contribution is 2.34. The third-order valence-electron chi connectivity index (χ3n) is 5.18. The third-order valence-corrected chi connectivity index (χ3v) is 5.18. The van der Waals surface area contributed by atoms with Gasteiger partial charge in [0.25, 0.3) is 0 Å². The lowest BCUT2D eigenvalue weighted by atomic mass is 9.74. The first-order valence-electron chi connectivity index (χ1n) is 9.39. The Labute approximate surface area is 164 Å². The molecule has 0 aromatic heterocycles. The van der Waals surface area contributed by atoms with Gasteiger partial charge in [-0.15, -0.1) is 0 Å². The van der Waals surface area contributed by atoms with Crippen LogP contribution in [0.2, 0.25) is 0 Å². The Kier molecular flexibility index (Phi) is 6.09. The highest BCUT2D eigenvalue weighted by Gasteiger charge is 2.35. The summed E-state index contributed by atoms with van der Waals surface area (Å²) < 4.78 is 18.8. The van der Waals surface area contributed by atoms with E-state index in [4.69, 9.17) is 4.74 Å². The summed E-state index contributed by atoms with van der Waals surface area (Å²) in [5, 5.41) is 5.40. The molecule has 0 unspecified atom stereocenters. The third kappa shape index (κ3) is 4.75. The molecule has 2 aromatic carbocycles. The fourth-order valence-corrected chi connectivity index (χ4v) is 3.70. The number of benzene rings is 2. The minimum atomic E-state index is -0.702. The molecule has 1 saturated heterocycles. The smallest absolute Gasteiger partial charge is 0.313 e. The number of anilines is 1. The van der Waals surface area contributed by atoms with Crippen LogP contribution in [0.4, 0.5) is 10.1 Å². The lowest BCUT2D eigenvalue weighted by Gasteiger charge is -2.37. The number of rotatable bonds is 4. The van der Waals surface area contributed by atoms with Crippen molar-refractivity contribution in [3.8, 4) is 0 Å². The molecule has 5 nitrogen and oxygen atoms in total. The lowest BCUT2D eigenvalue weighted by molar-refractivity contribution is -0.136. The highest BCUT2D eigenvalue weighted by atomic mass is 19.1. The lowest BCUT2D eigenvalue weighted by Crippen LogP contribution is -2.47. The van der Waals surface area contributed by atoms with Crippen LogP contribution in [0.1, 0.15) is 29.5 Å². The number of carbonyl (C=O) groups excluding carboxylic acids is 2. The Balaban J connectivity index is 1.67. The van der Waals surface area contributed by atoms with Crippen molar-refractivity contribution in [2.75, 3.05) is 25.1 Å². The predicted molar refractivity (Wildman–Crippen MR) is 106 cm³/mol. The zero-order valence-corrected chi connectivity index (χ0v) is 16.2. The topological polar surface area (TPSA) is 67.4 Å². The molecule has 0 bridgehead atoms. The Morgan fingerprint density at radius 1 is 1.00 bits per heavy atom. The molecule has 2 aromatic rings. The van der Waals surface area contributed by atoms with Gasteiger partial charge in [0.2, 0.25) is 0 Å². The molecule has 0 saturated carbocycles. The van der Waals surface area contributed by atoms with Gasteiger partial charge in [0.05, 0.1) is 0 Å². The van der Waals surface area contributed by atoms with Crippen molar-refractivity contribution < 1.29 is 18.7 Å². The van der Waals surface area contributed by atoms with E-state index in [1.165, 1.54) is 12.1 Å². The average Bonchev–Trinajstić information content (AvgIpc) is 2.66. The molecule has 28 heavy (non-hydrogen) atoms. The second-order valence-electron chi connectivity index (χ2n) is 7.41. The first-order valence-corrected chi connectivity index (χ1v) is 9.39. The molecule has 1 aliphatic rings. The molecule has 1 fully saturated rings. The van der Waals surface area contributed by atoms with Gasteiger partial charge in [-0.2, -0.15) is 0 Å². The Hall–Kier alpha value is -2.73. The number of aryl methyl sites for hydroxylation is 2. The number of hydrogen-bond donors (Lipinski definition) is 2. The van der Waals surface area contributed by atoms with E-state index in [0.29, 0.717) is 38.3 Å². The standard InChI is InChI=1S/C22H25FN2O3/c1-15-11-16(2)13-19(12-15)25-21(27)20(26)24-14-22(7-9-28-10-8-22)17-3-5-18(23)6-4-17/h3-6,11-13H,7-10,14H2,1-2H3,(H,24,26)(H,25,27). The van der Waals surface area contributed by atoms with Crippen LogP contribution in [0.5, 0.6) is 0 Å². The van der Waals surface area contributed by atoms with Gasteiger partial charge in [0.15, 0.2) is 0 Å². The van der Waals surface area contributed by atoms with E-state index in [0.717, 1.165) is 16.7 Å². The zero-order valence-electron chi connectivity index (χ0n) is 16.2. The van der Waals surface area contributed by atoms with Gasteiger partial charge < -0.3 is 15.4 Å². The molecule has 1 heterocycles. The van der Waals surface area contributed by atoms with Crippen LogP contribution in [0.3, 0.4) is 0 Å². The first-order chi connectivity index (χ1) is 13.4. The molecular formula is C22H25FN2O3. The van der Waals surface area contributed by atoms with Gasteiger partial charge in [-0.3, -0.25) is 9.59 Å². The van der Waals surface area contributed by atoms with Crippen LogP contribution in [-0.4, -0.2) is 31.6 Å². The summed E-state index contributed by atoms with van der Waals surface area (Å²) in [5.41, 5.74) is 3.17. The van der Waals surface area contributed by atoms with Crippen molar-refractivity contribution in [3.05, 3.63) is 65.0 Å². The van der Waals surface area contributed by atoms with Crippen LogP contribution in [-0.2, 0) is 19.7 Å². The van der Waals surface area contributed by atoms with E-state index >= 15 is 0 Å². The van der Waals surface area contributed by atoms with E-state index in [1.54, 1.807) is 12.1 Å². The van der Waals surface area contributed by atoms with Crippen molar-refractivity contribution >= 4 is 17.5 Å². The maximum Gasteiger partial charge on any atom is 0.313 e. The monoisotopic (exact) mass is 384 g/mol. The Morgan fingerprint density at radius 2 is 1.61 bits per heavy atom. The summed E-state index contributed by atoms with van der Waals surface area (Å²) in [6, 6.07) is 11.9. The molecule has 3 rings (SSSR count). The minimum Gasteiger partial charge on any atom is -0.381 e. The van der Waals surface area contributed by atoms with Gasteiger partial charge >= 0.3 is 11.8 Å². The van der Waals surface area contributed by atoms with Crippen molar-refractivity contribution in [1.29, 1.82) is 0 Å². The number of carbonyl (C=O) groups is 2. The van der Waals surface area contributed by atoms with E-state index in [-0.39, 0.29) is 11.2 Å². The van der Waals surface area contributed by atoms with Crippen LogP contribution >= 0.6 is 0 Å². The largest absolute Gasteiger partial charge is 0.381 e. The van der Waals surface area contributed by atoms with Crippen molar-refractivity contribution in [3.63, 3.8) is 0 Å². The van der Waals surface area contributed by atoms with Crippen molar-refractivity contribution in [2.45, 2.75) is 32.1 Å². The van der Waals surface area contributed by atoms with Crippen LogP contribution in [0.25, 0.3) is 0 Å². The number of halogens is 1. The minimum absolute atomic E-state index is 0.293. The van der Waals surface area contributed by atoms with Gasteiger partial charge in [-0.05, 0) is 67.6 Å². The summed E-state index contributed by atoms with van der Waals surface area (Å²) in [6.45, 7) is 5.27. The first kappa shape index (κ1) is 20.0. The highest BCUT2D eigenvalue weighted by molar-refractivity contribution is 6.39. The maximum absolute atomic E-state index is 13.3.